The third-order valence-corrected chi connectivity index (χ3v) is 2.83. The molecule has 0 aromatic carbocycles. The van der Waals surface area contributed by atoms with Gasteiger partial charge in [-0.3, -0.25) is 9.48 Å². The van der Waals surface area contributed by atoms with Crippen LogP contribution in [0.25, 0.3) is 0 Å². The maximum absolute atomic E-state index is 12.4. The summed E-state index contributed by atoms with van der Waals surface area (Å²) in [4.78, 5) is 12.4. The Labute approximate surface area is 109 Å². The number of hydrogen-bond acceptors (Lipinski definition) is 4. The van der Waals surface area contributed by atoms with Crippen LogP contribution in [0.15, 0.2) is 22.9 Å². The Kier molecular flexibility index (Phi) is 3.72. The van der Waals surface area contributed by atoms with Crippen molar-refractivity contribution in [2.45, 2.75) is 19.9 Å². The van der Waals surface area contributed by atoms with Crippen LogP contribution in [0.1, 0.15) is 29.4 Å². The molecule has 0 saturated heterocycles. The highest BCUT2D eigenvalue weighted by Gasteiger charge is 2.23. The van der Waals surface area contributed by atoms with E-state index in [1.807, 2.05) is 6.92 Å². The monoisotopic (exact) mass is 268 g/mol. The number of ketones is 1. The Morgan fingerprint density at radius 1 is 1.61 bits per heavy atom. The predicted molar refractivity (Wildman–Crippen MR) is 66.2 cm³/mol. The first kappa shape index (κ1) is 12.7. The van der Waals surface area contributed by atoms with Crippen LogP contribution in [0.3, 0.4) is 0 Å². The first-order valence-corrected chi connectivity index (χ1v) is 5.94. The first-order valence-electron chi connectivity index (χ1n) is 5.56. The third-order valence-electron chi connectivity index (χ3n) is 2.54. The van der Waals surface area contributed by atoms with Gasteiger partial charge in [-0.05, 0) is 24.1 Å². The summed E-state index contributed by atoms with van der Waals surface area (Å²) >= 11 is 5.82. The number of ether oxygens (including phenoxy) is 1. The molecule has 0 aliphatic rings. The highest BCUT2D eigenvalue weighted by atomic mass is 35.5. The molecule has 96 valence electrons. The van der Waals surface area contributed by atoms with E-state index in [0.717, 1.165) is 6.42 Å². The highest BCUT2D eigenvalue weighted by molar-refractivity contribution is 6.33. The Morgan fingerprint density at radius 3 is 2.94 bits per heavy atom. The minimum atomic E-state index is -0.253. The van der Waals surface area contributed by atoms with Crippen LogP contribution >= 0.6 is 11.6 Å². The fourth-order valence-electron chi connectivity index (χ4n) is 1.71. The standard InChI is InChI=1S/C12H13ClN2O3/c1-3-5-15-10(9(17-2)7-14-15)11(16)8-4-6-18-12(8)13/h4,6-7H,3,5H2,1-2H3. The summed E-state index contributed by atoms with van der Waals surface area (Å²) in [6.07, 6.45) is 3.77. The van der Waals surface area contributed by atoms with Crippen molar-refractivity contribution in [3.05, 3.63) is 35.0 Å². The third kappa shape index (κ3) is 2.13. The SMILES string of the molecule is CCCn1ncc(OC)c1C(=O)c1ccoc1Cl. The van der Waals surface area contributed by atoms with Gasteiger partial charge in [-0.1, -0.05) is 6.92 Å². The van der Waals surface area contributed by atoms with Crippen molar-refractivity contribution < 1.29 is 13.9 Å². The van der Waals surface area contributed by atoms with Gasteiger partial charge in [0, 0.05) is 6.54 Å². The van der Waals surface area contributed by atoms with Gasteiger partial charge in [-0.2, -0.15) is 5.10 Å². The molecule has 0 aliphatic carbocycles. The Balaban J connectivity index is 2.46. The normalized spacial score (nSPS) is 10.6. The molecule has 0 amide bonds. The lowest BCUT2D eigenvalue weighted by atomic mass is 10.1. The lowest BCUT2D eigenvalue weighted by molar-refractivity contribution is 0.102. The van der Waals surface area contributed by atoms with E-state index in [9.17, 15) is 4.79 Å². The van der Waals surface area contributed by atoms with Crippen molar-refractivity contribution >= 4 is 17.4 Å². The van der Waals surface area contributed by atoms with Gasteiger partial charge < -0.3 is 9.15 Å². The number of aromatic nitrogens is 2. The van der Waals surface area contributed by atoms with Crippen molar-refractivity contribution in [3.8, 4) is 5.75 Å². The summed E-state index contributed by atoms with van der Waals surface area (Å²) in [5.41, 5.74) is 0.704. The number of carbonyl (C=O) groups excluding carboxylic acids is 1. The fraction of sp³-hybridized carbons (Fsp3) is 0.333. The van der Waals surface area contributed by atoms with Crippen molar-refractivity contribution in [2.24, 2.45) is 0 Å². The number of halogens is 1. The van der Waals surface area contributed by atoms with E-state index in [1.54, 1.807) is 4.68 Å². The molecule has 2 aromatic rings. The van der Waals surface area contributed by atoms with E-state index >= 15 is 0 Å². The molecule has 5 nitrogen and oxygen atoms in total. The maximum atomic E-state index is 12.4. The molecule has 0 bridgehead atoms. The molecule has 0 unspecified atom stereocenters. The van der Waals surface area contributed by atoms with Crippen LogP contribution in [0, 0.1) is 0 Å². The molecule has 0 spiro atoms. The summed E-state index contributed by atoms with van der Waals surface area (Å²) in [6, 6.07) is 1.54. The molecule has 0 saturated carbocycles. The summed E-state index contributed by atoms with van der Waals surface area (Å²) in [5, 5.41) is 4.21. The Bertz CT molecular complexity index is 559. The van der Waals surface area contributed by atoms with E-state index < -0.39 is 0 Å². The predicted octanol–water partition coefficient (Wildman–Crippen LogP) is 2.78. The minimum absolute atomic E-state index is 0.0753. The first-order chi connectivity index (χ1) is 8.69. The number of methoxy groups -OCH3 is 1. The zero-order valence-corrected chi connectivity index (χ0v) is 10.9. The molecule has 2 rings (SSSR count). The second-order valence-electron chi connectivity index (χ2n) is 3.72. The number of carbonyl (C=O) groups is 1. The van der Waals surface area contributed by atoms with Crippen LogP contribution < -0.4 is 4.74 Å². The number of rotatable bonds is 5. The molecule has 18 heavy (non-hydrogen) atoms. The quantitative estimate of drug-likeness (QED) is 0.783. The van der Waals surface area contributed by atoms with Gasteiger partial charge >= 0.3 is 0 Å². The Hall–Kier alpha value is -1.75. The number of nitrogens with zero attached hydrogens (tertiary/aromatic N) is 2. The molecule has 6 heteroatoms. The van der Waals surface area contributed by atoms with E-state index in [2.05, 4.69) is 5.10 Å². The summed E-state index contributed by atoms with van der Waals surface area (Å²) in [6.45, 7) is 2.65. The molecular formula is C12H13ClN2O3. The van der Waals surface area contributed by atoms with Gasteiger partial charge in [0.15, 0.2) is 11.4 Å². The molecule has 2 aromatic heterocycles. The average Bonchev–Trinajstić information content (AvgIpc) is 2.95. The molecular weight excluding hydrogens is 256 g/mol. The number of furan rings is 1. The van der Waals surface area contributed by atoms with Gasteiger partial charge in [0.25, 0.3) is 0 Å². The number of hydrogen-bond donors (Lipinski definition) is 0. The van der Waals surface area contributed by atoms with Crippen molar-refractivity contribution in [1.29, 1.82) is 0 Å². The van der Waals surface area contributed by atoms with Crippen molar-refractivity contribution in [2.75, 3.05) is 7.11 Å². The Morgan fingerprint density at radius 2 is 2.39 bits per heavy atom. The van der Waals surface area contributed by atoms with Gasteiger partial charge in [-0.15, -0.1) is 0 Å². The average molecular weight is 269 g/mol. The summed E-state index contributed by atoms with van der Waals surface area (Å²) < 4.78 is 11.7. The molecule has 2 heterocycles. The molecule has 0 N–H and O–H groups in total. The van der Waals surface area contributed by atoms with Gasteiger partial charge in [0.1, 0.15) is 0 Å². The number of aryl methyl sites for hydroxylation is 1. The van der Waals surface area contributed by atoms with Gasteiger partial charge in [-0.25, -0.2) is 0 Å². The minimum Gasteiger partial charge on any atom is -0.493 e. The topological polar surface area (TPSA) is 57.3 Å². The van der Waals surface area contributed by atoms with Crippen LogP contribution in [0.4, 0.5) is 0 Å². The van der Waals surface area contributed by atoms with Crippen LogP contribution in [-0.2, 0) is 6.54 Å². The molecule has 0 atom stereocenters. The highest BCUT2D eigenvalue weighted by Crippen LogP contribution is 2.25. The van der Waals surface area contributed by atoms with Gasteiger partial charge in [0.2, 0.25) is 11.0 Å². The van der Waals surface area contributed by atoms with Crippen molar-refractivity contribution in [3.63, 3.8) is 0 Å². The molecule has 0 fully saturated rings. The van der Waals surface area contributed by atoms with E-state index in [-0.39, 0.29) is 11.0 Å². The van der Waals surface area contributed by atoms with Gasteiger partial charge in [0.05, 0.1) is 25.1 Å². The van der Waals surface area contributed by atoms with E-state index in [4.69, 9.17) is 20.8 Å². The largest absolute Gasteiger partial charge is 0.493 e. The fourth-order valence-corrected chi connectivity index (χ4v) is 1.91. The second-order valence-corrected chi connectivity index (χ2v) is 4.07. The summed E-state index contributed by atoms with van der Waals surface area (Å²) in [5.74, 6) is 0.183. The molecule has 0 aliphatic heterocycles. The lowest BCUT2D eigenvalue weighted by Gasteiger charge is -2.06. The van der Waals surface area contributed by atoms with Crippen molar-refractivity contribution in [1.82, 2.24) is 9.78 Å². The van der Waals surface area contributed by atoms with Crippen LogP contribution in [0.5, 0.6) is 5.75 Å². The van der Waals surface area contributed by atoms with Crippen LogP contribution in [-0.4, -0.2) is 22.7 Å². The lowest BCUT2D eigenvalue weighted by Crippen LogP contribution is -2.12. The molecule has 0 radical (unpaired) electrons. The summed E-state index contributed by atoms with van der Waals surface area (Å²) in [7, 11) is 1.50. The maximum Gasteiger partial charge on any atom is 0.219 e. The smallest absolute Gasteiger partial charge is 0.219 e. The zero-order chi connectivity index (χ0) is 13.1. The van der Waals surface area contributed by atoms with E-state index in [0.29, 0.717) is 23.6 Å². The zero-order valence-electron chi connectivity index (χ0n) is 10.1. The second kappa shape index (κ2) is 5.27. The van der Waals surface area contributed by atoms with E-state index in [1.165, 1.54) is 25.6 Å². The van der Waals surface area contributed by atoms with Crippen LogP contribution in [0.2, 0.25) is 5.22 Å².